The van der Waals surface area contributed by atoms with Gasteiger partial charge in [-0.2, -0.15) is 8.42 Å². The predicted molar refractivity (Wildman–Crippen MR) is 73.3 cm³/mol. The molecule has 1 aromatic rings. The van der Waals surface area contributed by atoms with Gasteiger partial charge in [0.05, 0.1) is 4.92 Å². The molecule has 0 aromatic heterocycles. The summed E-state index contributed by atoms with van der Waals surface area (Å²) in [4.78, 5) is 9.95. The summed E-state index contributed by atoms with van der Waals surface area (Å²) in [5, 5.41) is 11.3. The summed E-state index contributed by atoms with van der Waals surface area (Å²) < 4.78 is 31.8. The average Bonchev–Trinajstić information content (AvgIpc) is 2.37. The van der Waals surface area contributed by atoms with Gasteiger partial charge in [-0.05, 0) is 24.3 Å². The molecule has 6 nitrogen and oxygen atoms in total. The molecule has 0 saturated heterocycles. The molecule has 0 radical (unpaired) electrons. The van der Waals surface area contributed by atoms with Crippen LogP contribution >= 0.6 is 0 Å². The Morgan fingerprint density at radius 2 is 1.95 bits per heavy atom. The molecule has 1 N–H and O–H groups in total. The second-order valence-electron chi connectivity index (χ2n) is 5.29. The Bertz CT molecular complexity index is 626. The Morgan fingerprint density at radius 3 is 2.50 bits per heavy atom. The van der Waals surface area contributed by atoms with Gasteiger partial charge in [0.25, 0.3) is 5.69 Å². The van der Waals surface area contributed by atoms with Crippen molar-refractivity contribution in [2.75, 3.05) is 0 Å². The van der Waals surface area contributed by atoms with Crippen LogP contribution in [0.4, 0.5) is 5.69 Å². The van der Waals surface area contributed by atoms with Gasteiger partial charge in [0.1, 0.15) is 0 Å². The first-order valence-corrected chi connectivity index (χ1v) is 8.01. The first-order chi connectivity index (χ1) is 9.32. The Hall–Kier alpha value is -1.47. The molecular formula is C13H17NO5S. The largest absolute Gasteiger partial charge is 0.301 e. The fourth-order valence-electron chi connectivity index (χ4n) is 3.02. The summed E-state index contributed by atoms with van der Waals surface area (Å²) >= 11 is 0. The van der Waals surface area contributed by atoms with E-state index in [0.29, 0.717) is 5.56 Å². The molecule has 1 aliphatic rings. The molecule has 0 heterocycles. The van der Waals surface area contributed by atoms with E-state index in [2.05, 4.69) is 0 Å². The number of hydrogen-bond donors (Lipinski definition) is 1. The Kier molecular flexibility index (Phi) is 4.10. The van der Waals surface area contributed by atoms with Crippen LogP contribution in [-0.4, -0.2) is 17.9 Å². The van der Waals surface area contributed by atoms with Crippen LogP contribution in [0.15, 0.2) is 23.1 Å². The number of hydrogen-bond acceptors (Lipinski definition) is 4. The summed E-state index contributed by atoms with van der Waals surface area (Å²) in [6.45, 7) is 2.02. The zero-order valence-corrected chi connectivity index (χ0v) is 12.0. The van der Waals surface area contributed by atoms with Gasteiger partial charge in [-0.25, -0.2) is 0 Å². The SMILES string of the molecule is CC1CCCCC1c1cccc(S(=O)(=O)O)c1[N+](=O)[O-]. The van der Waals surface area contributed by atoms with E-state index in [0.717, 1.165) is 31.7 Å². The minimum Gasteiger partial charge on any atom is -0.282 e. The molecule has 0 bridgehead atoms. The van der Waals surface area contributed by atoms with Crippen molar-refractivity contribution in [3.63, 3.8) is 0 Å². The van der Waals surface area contributed by atoms with E-state index < -0.39 is 25.6 Å². The van der Waals surface area contributed by atoms with E-state index in [9.17, 15) is 23.1 Å². The maximum Gasteiger partial charge on any atom is 0.301 e. The number of para-hydroxylation sites is 1. The molecule has 1 fully saturated rings. The summed E-state index contributed by atoms with van der Waals surface area (Å²) in [5.74, 6) is 0.227. The standard InChI is InChI=1S/C13H17NO5S/c1-9-5-2-3-6-10(9)11-7-4-8-12(20(17,18)19)13(11)14(15)16/h4,7-10H,2-3,5-6H2,1H3,(H,17,18,19). The Labute approximate surface area is 117 Å². The van der Waals surface area contributed by atoms with Crippen LogP contribution in [0.2, 0.25) is 0 Å². The lowest BCUT2D eigenvalue weighted by Crippen LogP contribution is -2.17. The number of nitro benzene ring substituents is 1. The molecule has 2 rings (SSSR count). The van der Waals surface area contributed by atoms with Crippen LogP contribution in [-0.2, 0) is 10.1 Å². The summed E-state index contributed by atoms with van der Waals surface area (Å²) in [6.07, 6.45) is 3.83. The van der Waals surface area contributed by atoms with Crippen LogP contribution in [0.25, 0.3) is 0 Å². The highest BCUT2D eigenvalue weighted by Crippen LogP contribution is 2.42. The van der Waals surface area contributed by atoms with Crippen LogP contribution in [0, 0.1) is 16.0 Å². The van der Waals surface area contributed by atoms with Gasteiger partial charge < -0.3 is 0 Å². The molecule has 7 heteroatoms. The molecular weight excluding hydrogens is 282 g/mol. The second kappa shape index (κ2) is 5.49. The molecule has 2 atom stereocenters. The third-order valence-corrected chi connectivity index (χ3v) is 4.89. The molecule has 1 aliphatic carbocycles. The van der Waals surface area contributed by atoms with E-state index in [1.165, 1.54) is 6.07 Å². The number of rotatable bonds is 3. The second-order valence-corrected chi connectivity index (χ2v) is 6.68. The Balaban J connectivity index is 2.61. The van der Waals surface area contributed by atoms with Gasteiger partial charge in [-0.3, -0.25) is 14.7 Å². The van der Waals surface area contributed by atoms with Gasteiger partial charge in [0, 0.05) is 5.56 Å². The highest BCUT2D eigenvalue weighted by Gasteiger charge is 2.33. The van der Waals surface area contributed by atoms with E-state index in [4.69, 9.17) is 0 Å². The van der Waals surface area contributed by atoms with Crippen molar-refractivity contribution in [2.24, 2.45) is 5.92 Å². The van der Waals surface area contributed by atoms with Gasteiger partial charge >= 0.3 is 10.1 Å². The van der Waals surface area contributed by atoms with Crippen molar-refractivity contribution in [1.82, 2.24) is 0 Å². The average molecular weight is 299 g/mol. The van der Waals surface area contributed by atoms with E-state index in [-0.39, 0.29) is 11.8 Å². The molecule has 2 unspecified atom stereocenters. The smallest absolute Gasteiger partial charge is 0.282 e. The van der Waals surface area contributed by atoms with Gasteiger partial charge in [-0.1, -0.05) is 38.3 Å². The van der Waals surface area contributed by atoms with E-state index in [1.54, 1.807) is 6.07 Å². The Morgan fingerprint density at radius 1 is 1.30 bits per heavy atom. The topological polar surface area (TPSA) is 97.5 Å². The van der Waals surface area contributed by atoms with Crippen molar-refractivity contribution in [3.8, 4) is 0 Å². The number of benzene rings is 1. The predicted octanol–water partition coefficient (Wildman–Crippen LogP) is 3.14. The van der Waals surface area contributed by atoms with Gasteiger partial charge in [-0.15, -0.1) is 0 Å². The summed E-state index contributed by atoms with van der Waals surface area (Å²) in [7, 11) is -4.60. The lowest BCUT2D eigenvalue weighted by molar-refractivity contribution is -0.388. The third kappa shape index (κ3) is 2.83. The zero-order valence-electron chi connectivity index (χ0n) is 11.2. The summed E-state index contributed by atoms with van der Waals surface area (Å²) in [5.41, 5.74) is -0.0638. The molecule has 20 heavy (non-hydrogen) atoms. The van der Waals surface area contributed by atoms with Gasteiger partial charge in [0.15, 0.2) is 4.90 Å². The van der Waals surface area contributed by atoms with E-state index in [1.807, 2.05) is 6.92 Å². The molecule has 0 aliphatic heterocycles. The minimum atomic E-state index is -4.60. The number of nitrogens with zero attached hydrogens (tertiary/aromatic N) is 1. The van der Waals surface area contributed by atoms with Crippen LogP contribution in [0.5, 0.6) is 0 Å². The quantitative estimate of drug-likeness (QED) is 0.525. The highest BCUT2D eigenvalue weighted by atomic mass is 32.2. The molecule has 0 amide bonds. The fourth-order valence-corrected chi connectivity index (χ4v) is 3.71. The van der Waals surface area contributed by atoms with Crippen molar-refractivity contribution in [2.45, 2.75) is 43.4 Å². The minimum absolute atomic E-state index is 0.0363. The van der Waals surface area contributed by atoms with Crippen molar-refractivity contribution in [1.29, 1.82) is 0 Å². The normalized spacial score (nSPS) is 23.5. The number of nitro groups is 1. The third-order valence-electron chi connectivity index (χ3n) is 4.00. The van der Waals surface area contributed by atoms with Crippen molar-refractivity contribution >= 4 is 15.8 Å². The molecule has 110 valence electrons. The van der Waals surface area contributed by atoms with Crippen LogP contribution in [0.3, 0.4) is 0 Å². The maximum absolute atomic E-state index is 11.3. The fraction of sp³-hybridized carbons (Fsp3) is 0.538. The lowest BCUT2D eigenvalue weighted by atomic mass is 9.76. The highest BCUT2D eigenvalue weighted by molar-refractivity contribution is 7.86. The van der Waals surface area contributed by atoms with Crippen LogP contribution < -0.4 is 0 Å². The van der Waals surface area contributed by atoms with Crippen LogP contribution in [0.1, 0.15) is 44.1 Å². The maximum atomic E-state index is 11.3. The monoisotopic (exact) mass is 299 g/mol. The molecule has 1 aromatic carbocycles. The van der Waals surface area contributed by atoms with Crippen molar-refractivity contribution < 1.29 is 17.9 Å². The van der Waals surface area contributed by atoms with E-state index >= 15 is 0 Å². The van der Waals surface area contributed by atoms with Crippen molar-refractivity contribution in [3.05, 3.63) is 33.9 Å². The van der Waals surface area contributed by atoms with Gasteiger partial charge in [0.2, 0.25) is 0 Å². The molecule has 1 saturated carbocycles. The first kappa shape index (κ1) is 14.9. The zero-order chi connectivity index (χ0) is 14.9. The first-order valence-electron chi connectivity index (χ1n) is 6.57. The molecule has 0 spiro atoms. The summed E-state index contributed by atoms with van der Waals surface area (Å²) in [6, 6.07) is 4.12. The lowest BCUT2D eigenvalue weighted by Gasteiger charge is -2.29.